The minimum absolute atomic E-state index is 0.287. The smallest absolute Gasteiger partial charge is 0.0352 e. The predicted octanol–water partition coefficient (Wildman–Crippen LogP) is 3.55. The SMILES string of the molecule is CC(C)(N)c1cccc(-c2ccccc2)c1. The molecule has 0 aromatic heterocycles. The van der Waals surface area contributed by atoms with Crippen LogP contribution in [0.25, 0.3) is 11.1 Å². The molecular weight excluding hydrogens is 194 g/mol. The van der Waals surface area contributed by atoms with E-state index in [1.165, 1.54) is 11.1 Å². The first kappa shape index (κ1) is 10.9. The van der Waals surface area contributed by atoms with Gasteiger partial charge in [0, 0.05) is 5.54 Å². The largest absolute Gasteiger partial charge is 0.322 e. The Labute approximate surface area is 96.9 Å². The maximum absolute atomic E-state index is 6.10. The van der Waals surface area contributed by atoms with Crippen molar-refractivity contribution < 1.29 is 0 Å². The highest BCUT2D eigenvalue weighted by atomic mass is 14.7. The summed E-state index contributed by atoms with van der Waals surface area (Å²) in [5.41, 5.74) is 9.43. The molecule has 1 heteroatoms. The summed E-state index contributed by atoms with van der Waals surface area (Å²) in [5, 5.41) is 0. The van der Waals surface area contributed by atoms with Gasteiger partial charge < -0.3 is 5.73 Å². The Morgan fingerprint density at radius 1 is 0.812 bits per heavy atom. The lowest BCUT2D eigenvalue weighted by Crippen LogP contribution is -2.28. The lowest BCUT2D eigenvalue weighted by Gasteiger charge is -2.19. The van der Waals surface area contributed by atoms with Crippen LogP contribution in [0.5, 0.6) is 0 Å². The molecule has 2 N–H and O–H groups in total. The van der Waals surface area contributed by atoms with Gasteiger partial charge in [0.25, 0.3) is 0 Å². The zero-order valence-corrected chi connectivity index (χ0v) is 9.77. The molecule has 0 amide bonds. The maximum atomic E-state index is 6.10. The van der Waals surface area contributed by atoms with Crippen molar-refractivity contribution in [3.05, 3.63) is 60.2 Å². The molecule has 1 nitrogen and oxygen atoms in total. The second-order valence-corrected chi connectivity index (χ2v) is 4.67. The molecule has 0 aliphatic heterocycles. The van der Waals surface area contributed by atoms with Crippen LogP contribution in [-0.4, -0.2) is 0 Å². The van der Waals surface area contributed by atoms with Crippen LogP contribution in [0.15, 0.2) is 54.6 Å². The Kier molecular flexibility index (Phi) is 2.80. The third-order valence-corrected chi connectivity index (χ3v) is 2.71. The Bertz CT molecular complexity index is 466. The summed E-state index contributed by atoms with van der Waals surface area (Å²) in [5.74, 6) is 0. The Morgan fingerprint density at radius 3 is 2.06 bits per heavy atom. The van der Waals surface area contributed by atoms with E-state index >= 15 is 0 Å². The van der Waals surface area contributed by atoms with E-state index in [0.717, 1.165) is 5.56 Å². The molecule has 0 aliphatic carbocycles. The second kappa shape index (κ2) is 4.11. The fourth-order valence-corrected chi connectivity index (χ4v) is 1.73. The lowest BCUT2D eigenvalue weighted by atomic mass is 9.92. The monoisotopic (exact) mass is 211 g/mol. The third-order valence-electron chi connectivity index (χ3n) is 2.71. The number of hydrogen-bond acceptors (Lipinski definition) is 1. The van der Waals surface area contributed by atoms with E-state index in [1.54, 1.807) is 0 Å². The van der Waals surface area contributed by atoms with Crippen molar-refractivity contribution >= 4 is 0 Å². The van der Waals surface area contributed by atoms with Gasteiger partial charge in [0.15, 0.2) is 0 Å². The van der Waals surface area contributed by atoms with E-state index < -0.39 is 0 Å². The molecule has 0 aliphatic rings. The topological polar surface area (TPSA) is 26.0 Å². The normalized spacial score (nSPS) is 11.4. The van der Waals surface area contributed by atoms with E-state index in [9.17, 15) is 0 Å². The van der Waals surface area contributed by atoms with Gasteiger partial charge in [-0.25, -0.2) is 0 Å². The first-order chi connectivity index (χ1) is 7.57. The van der Waals surface area contributed by atoms with Gasteiger partial charge in [-0.1, -0.05) is 48.5 Å². The Hall–Kier alpha value is -1.60. The van der Waals surface area contributed by atoms with Crippen molar-refractivity contribution in [3.63, 3.8) is 0 Å². The molecule has 82 valence electrons. The summed E-state index contributed by atoms with van der Waals surface area (Å²) in [6.07, 6.45) is 0. The molecule has 0 spiro atoms. The van der Waals surface area contributed by atoms with Crippen molar-refractivity contribution in [2.24, 2.45) is 5.73 Å². The standard InChI is InChI=1S/C15H17N/c1-15(2,16)14-10-6-9-13(11-14)12-7-4-3-5-8-12/h3-11H,16H2,1-2H3. The quantitative estimate of drug-likeness (QED) is 0.807. The van der Waals surface area contributed by atoms with Crippen LogP contribution in [-0.2, 0) is 5.54 Å². The second-order valence-electron chi connectivity index (χ2n) is 4.67. The number of nitrogens with two attached hydrogens (primary N) is 1. The molecule has 2 rings (SSSR count). The van der Waals surface area contributed by atoms with Crippen LogP contribution in [0.2, 0.25) is 0 Å². The number of benzene rings is 2. The molecule has 0 atom stereocenters. The van der Waals surface area contributed by atoms with E-state index in [0.29, 0.717) is 0 Å². The fraction of sp³-hybridized carbons (Fsp3) is 0.200. The molecule has 16 heavy (non-hydrogen) atoms. The van der Waals surface area contributed by atoms with E-state index in [1.807, 2.05) is 19.9 Å². The van der Waals surface area contributed by atoms with Gasteiger partial charge in [-0.3, -0.25) is 0 Å². The summed E-state index contributed by atoms with van der Waals surface area (Å²) >= 11 is 0. The van der Waals surface area contributed by atoms with E-state index in [2.05, 4.69) is 48.5 Å². The highest BCUT2D eigenvalue weighted by molar-refractivity contribution is 5.64. The molecule has 2 aromatic carbocycles. The molecule has 0 heterocycles. The van der Waals surface area contributed by atoms with Crippen molar-refractivity contribution in [2.45, 2.75) is 19.4 Å². The summed E-state index contributed by atoms with van der Waals surface area (Å²) < 4.78 is 0. The van der Waals surface area contributed by atoms with Gasteiger partial charge in [0.05, 0.1) is 0 Å². The molecular formula is C15H17N. The van der Waals surface area contributed by atoms with Gasteiger partial charge in [0.1, 0.15) is 0 Å². The average molecular weight is 211 g/mol. The molecule has 0 saturated carbocycles. The summed E-state index contributed by atoms with van der Waals surface area (Å²) in [6.45, 7) is 4.05. The van der Waals surface area contributed by atoms with Gasteiger partial charge >= 0.3 is 0 Å². The fourth-order valence-electron chi connectivity index (χ4n) is 1.73. The number of rotatable bonds is 2. The van der Waals surface area contributed by atoms with Crippen LogP contribution in [0, 0.1) is 0 Å². The van der Waals surface area contributed by atoms with Crippen LogP contribution < -0.4 is 5.73 Å². The van der Waals surface area contributed by atoms with E-state index in [4.69, 9.17) is 5.73 Å². The predicted molar refractivity (Wildman–Crippen MR) is 69.1 cm³/mol. The highest BCUT2D eigenvalue weighted by Crippen LogP contribution is 2.24. The van der Waals surface area contributed by atoms with Crippen LogP contribution in [0.3, 0.4) is 0 Å². The van der Waals surface area contributed by atoms with Gasteiger partial charge in [-0.2, -0.15) is 0 Å². The van der Waals surface area contributed by atoms with Gasteiger partial charge in [-0.05, 0) is 36.6 Å². The maximum Gasteiger partial charge on any atom is 0.0352 e. The van der Waals surface area contributed by atoms with Gasteiger partial charge in [0.2, 0.25) is 0 Å². The first-order valence-electron chi connectivity index (χ1n) is 5.52. The van der Waals surface area contributed by atoms with Crippen molar-refractivity contribution in [3.8, 4) is 11.1 Å². The Morgan fingerprint density at radius 2 is 1.44 bits per heavy atom. The van der Waals surface area contributed by atoms with Gasteiger partial charge in [-0.15, -0.1) is 0 Å². The summed E-state index contributed by atoms with van der Waals surface area (Å²) in [4.78, 5) is 0. The minimum atomic E-state index is -0.287. The van der Waals surface area contributed by atoms with Crippen molar-refractivity contribution in [2.75, 3.05) is 0 Å². The molecule has 0 fully saturated rings. The summed E-state index contributed by atoms with van der Waals surface area (Å²) in [6, 6.07) is 18.8. The molecule has 2 aromatic rings. The van der Waals surface area contributed by atoms with Crippen LogP contribution in [0.4, 0.5) is 0 Å². The lowest BCUT2D eigenvalue weighted by molar-refractivity contribution is 0.554. The highest BCUT2D eigenvalue weighted by Gasteiger charge is 2.14. The molecule has 0 unspecified atom stereocenters. The Balaban J connectivity index is 2.45. The summed E-state index contributed by atoms with van der Waals surface area (Å²) in [7, 11) is 0. The number of hydrogen-bond donors (Lipinski definition) is 1. The van der Waals surface area contributed by atoms with E-state index in [-0.39, 0.29) is 5.54 Å². The minimum Gasteiger partial charge on any atom is -0.322 e. The van der Waals surface area contributed by atoms with Crippen molar-refractivity contribution in [1.82, 2.24) is 0 Å². The molecule has 0 radical (unpaired) electrons. The molecule has 0 bridgehead atoms. The zero-order chi connectivity index (χ0) is 11.6. The average Bonchev–Trinajstić information content (AvgIpc) is 2.29. The molecule has 0 saturated heterocycles. The van der Waals surface area contributed by atoms with Crippen LogP contribution >= 0.6 is 0 Å². The third kappa shape index (κ3) is 2.31. The zero-order valence-electron chi connectivity index (χ0n) is 9.77. The first-order valence-corrected chi connectivity index (χ1v) is 5.52. The van der Waals surface area contributed by atoms with Crippen LogP contribution in [0.1, 0.15) is 19.4 Å². The van der Waals surface area contributed by atoms with Crippen molar-refractivity contribution in [1.29, 1.82) is 0 Å².